The molecule has 1 aromatic heterocycles. The Hall–Kier alpha value is -1.46. The van der Waals surface area contributed by atoms with Crippen molar-refractivity contribution in [3.05, 3.63) is 51.0 Å². The molecule has 0 aliphatic carbocycles. The average molecular weight is 341 g/mol. The second-order valence-electron chi connectivity index (χ2n) is 4.08. The molecule has 1 amide bonds. The minimum atomic E-state index is -0.333. The standard InChI is InChI=1S/C13H11BrClN3O/c1-7-3-9(14)4-10(15)12(7)18-13(19)11-6-16-8(2)5-17-11/h3-6H,1-2H3,(H,18,19). The molecule has 0 saturated heterocycles. The lowest BCUT2D eigenvalue weighted by atomic mass is 10.2. The number of rotatable bonds is 2. The highest BCUT2D eigenvalue weighted by molar-refractivity contribution is 9.10. The van der Waals surface area contributed by atoms with Crippen LogP contribution in [-0.2, 0) is 0 Å². The number of aryl methyl sites for hydroxylation is 2. The van der Waals surface area contributed by atoms with Gasteiger partial charge in [0.1, 0.15) is 5.69 Å². The summed E-state index contributed by atoms with van der Waals surface area (Å²) in [7, 11) is 0. The first-order valence-electron chi connectivity index (χ1n) is 5.53. The van der Waals surface area contributed by atoms with E-state index in [9.17, 15) is 4.79 Å². The van der Waals surface area contributed by atoms with Gasteiger partial charge in [-0.15, -0.1) is 0 Å². The molecule has 1 N–H and O–H groups in total. The zero-order valence-corrected chi connectivity index (χ0v) is 12.7. The molecule has 0 spiro atoms. The maximum Gasteiger partial charge on any atom is 0.275 e. The van der Waals surface area contributed by atoms with E-state index in [4.69, 9.17) is 11.6 Å². The highest BCUT2D eigenvalue weighted by Gasteiger charge is 2.12. The Morgan fingerprint density at radius 1 is 1.26 bits per heavy atom. The molecular formula is C13H11BrClN3O. The van der Waals surface area contributed by atoms with Crippen molar-refractivity contribution >= 4 is 39.1 Å². The molecule has 0 saturated carbocycles. The topological polar surface area (TPSA) is 54.9 Å². The van der Waals surface area contributed by atoms with Gasteiger partial charge >= 0.3 is 0 Å². The lowest BCUT2D eigenvalue weighted by Gasteiger charge is -2.10. The number of carbonyl (C=O) groups excluding carboxylic acids is 1. The first-order valence-corrected chi connectivity index (χ1v) is 6.70. The van der Waals surface area contributed by atoms with Crippen LogP contribution in [0.1, 0.15) is 21.7 Å². The highest BCUT2D eigenvalue weighted by atomic mass is 79.9. The number of hydrogen-bond donors (Lipinski definition) is 1. The van der Waals surface area contributed by atoms with Crippen LogP contribution in [0.5, 0.6) is 0 Å². The summed E-state index contributed by atoms with van der Waals surface area (Å²) in [5.41, 5.74) is 2.46. The van der Waals surface area contributed by atoms with Crippen molar-refractivity contribution in [2.75, 3.05) is 5.32 Å². The number of carbonyl (C=O) groups is 1. The average Bonchev–Trinajstić information content (AvgIpc) is 2.34. The van der Waals surface area contributed by atoms with Crippen LogP contribution in [0.15, 0.2) is 29.0 Å². The van der Waals surface area contributed by atoms with E-state index in [0.29, 0.717) is 10.7 Å². The Kier molecular flexibility index (Phi) is 4.17. The molecule has 4 nitrogen and oxygen atoms in total. The normalized spacial score (nSPS) is 10.3. The molecule has 0 unspecified atom stereocenters. The third-order valence-electron chi connectivity index (χ3n) is 2.50. The second-order valence-corrected chi connectivity index (χ2v) is 5.40. The molecule has 1 heterocycles. The third-order valence-corrected chi connectivity index (χ3v) is 3.26. The van der Waals surface area contributed by atoms with E-state index in [1.807, 2.05) is 19.9 Å². The van der Waals surface area contributed by atoms with Crippen molar-refractivity contribution in [3.63, 3.8) is 0 Å². The predicted molar refractivity (Wildman–Crippen MR) is 78.6 cm³/mol. The summed E-state index contributed by atoms with van der Waals surface area (Å²) >= 11 is 9.46. The quantitative estimate of drug-likeness (QED) is 0.905. The molecule has 1 aromatic carbocycles. The molecule has 6 heteroatoms. The maximum atomic E-state index is 12.0. The number of aromatic nitrogens is 2. The van der Waals surface area contributed by atoms with E-state index in [1.165, 1.54) is 6.20 Å². The Labute approximate surface area is 124 Å². The molecule has 0 aliphatic heterocycles. The van der Waals surface area contributed by atoms with Crippen molar-refractivity contribution < 1.29 is 4.79 Å². The SMILES string of the molecule is Cc1cnc(C(=O)Nc2c(C)cc(Br)cc2Cl)cn1. The van der Waals surface area contributed by atoms with Crippen LogP contribution >= 0.6 is 27.5 Å². The van der Waals surface area contributed by atoms with Crippen molar-refractivity contribution in [1.82, 2.24) is 9.97 Å². The van der Waals surface area contributed by atoms with E-state index >= 15 is 0 Å². The number of halogens is 2. The number of hydrogen-bond acceptors (Lipinski definition) is 3. The first-order chi connectivity index (χ1) is 8.97. The maximum absolute atomic E-state index is 12.0. The molecule has 0 fully saturated rings. The van der Waals surface area contributed by atoms with Gasteiger partial charge in [-0.2, -0.15) is 0 Å². The third kappa shape index (κ3) is 3.30. The fourth-order valence-electron chi connectivity index (χ4n) is 1.55. The van der Waals surface area contributed by atoms with Gasteiger partial charge in [0.15, 0.2) is 0 Å². The van der Waals surface area contributed by atoms with Crippen molar-refractivity contribution in [2.45, 2.75) is 13.8 Å². The van der Waals surface area contributed by atoms with E-state index < -0.39 is 0 Å². The van der Waals surface area contributed by atoms with Crippen LogP contribution in [0.25, 0.3) is 0 Å². The van der Waals surface area contributed by atoms with Gasteiger partial charge < -0.3 is 5.32 Å². The lowest BCUT2D eigenvalue weighted by Crippen LogP contribution is -2.15. The Morgan fingerprint density at radius 2 is 2.00 bits per heavy atom. The lowest BCUT2D eigenvalue weighted by molar-refractivity contribution is 0.102. The number of benzene rings is 1. The molecule has 2 aromatic rings. The molecule has 0 atom stereocenters. The van der Waals surface area contributed by atoms with E-state index in [2.05, 4.69) is 31.2 Å². The smallest absolute Gasteiger partial charge is 0.275 e. The Morgan fingerprint density at radius 3 is 2.58 bits per heavy atom. The zero-order chi connectivity index (χ0) is 14.0. The van der Waals surface area contributed by atoms with Crippen molar-refractivity contribution in [1.29, 1.82) is 0 Å². The summed E-state index contributed by atoms with van der Waals surface area (Å²) < 4.78 is 0.864. The number of amides is 1. The van der Waals surface area contributed by atoms with Gasteiger partial charge in [-0.05, 0) is 31.5 Å². The van der Waals surface area contributed by atoms with Crippen LogP contribution in [0.4, 0.5) is 5.69 Å². The molecule has 98 valence electrons. The van der Waals surface area contributed by atoms with Gasteiger partial charge in [0.05, 0.1) is 22.6 Å². The Balaban J connectivity index is 2.26. The summed E-state index contributed by atoms with van der Waals surface area (Å²) in [6.45, 7) is 3.68. The fourth-order valence-corrected chi connectivity index (χ4v) is 2.57. The highest BCUT2D eigenvalue weighted by Crippen LogP contribution is 2.30. The van der Waals surface area contributed by atoms with Crippen molar-refractivity contribution in [2.24, 2.45) is 0 Å². The van der Waals surface area contributed by atoms with Gasteiger partial charge in [-0.3, -0.25) is 9.78 Å². The number of anilines is 1. The van der Waals surface area contributed by atoms with Gasteiger partial charge in [0, 0.05) is 10.7 Å². The van der Waals surface area contributed by atoms with Crippen LogP contribution in [0.3, 0.4) is 0 Å². The molecule has 0 aliphatic rings. The van der Waals surface area contributed by atoms with Crippen molar-refractivity contribution in [3.8, 4) is 0 Å². The zero-order valence-electron chi connectivity index (χ0n) is 10.4. The molecule has 0 radical (unpaired) electrons. The minimum absolute atomic E-state index is 0.254. The number of nitrogens with one attached hydrogen (secondary N) is 1. The first kappa shape index (κ1) is 14.0. The fraction of sp³-hybridized carbons (Fsp3) is 0.154. The molecule has 19 heavy (non-hydrogen) atoms. The summed E-state index contributed by atoms with van der Waals surface area (Å²) in [4.78, 5) is 20.1. The van der Waals surface area contributed by atoms with Crippen LogP contribution in [-0.4, -0.2) is 15.9 Å². The van der Waals surface area contributed by atoms with Gasteiger partial charge in [0.25, 0.3) is 5.91 Å². The summed E-state index contributed by atoms with van der Waals surface area (Å²) in [6.07, 6.45) is 2.98. The summed E-state index contributed by atoms with van der Waals surface area (Å²) in [6, 6.07) is 3.60. The van der Waals surface area contributed by atoms with E-state index in [-0.39, 0.29) is 11.6 Å². The Bertz CT molecular complexity index is 605. The largest absolute Gasteiger partial charge is 0.319 e. The van der Waals surface area contributed by atoms with Gasteiger partial charge in [-0.1, -0.05) is 27.5 Å². The van der Waals surface area contributed by atoms with E-state index in [1.54, 1.807) is 12.3 Å². The second kappa shape index (κ2) is 5.67. The molecule has 0 bridgehead atoms. The van der Waals surface area contributed by atoms with E-state index in [0.717, 1.165) is 15.7 Å². The molecular weight excluding hydrogens is 330 g/mol. The predicted octanol–water partition coefficient (Wildman–Crippen LogP) is 3.76. The number of nitrogens with zero attached hydrogens (tertiary/aromatic N) is 2. The summed E-state index contributed by atoms with van der Waals surface area (Å²) in [5.74, 6) is -0.333. The van der Waals surface area contributed by atoms with Crippen LogP contribution < -0.4 is 5.32 Å². The van der Waals surface area contributed by atoms with Crippen LogP contribution in [0, 0.1) is 13.8 Å². The molecule has 2 rings (SSSR count). The monoisotopic (exact) mass is 339 g/mol. The minimum Gasteiger partial charge on any atom is -0.319 e. The van der Waals surface area contributed by atoms with Gasteiger partial charge in [0.2, 0.25) is 0 Å². The van der Waals surface area contributed by atoms with Crippen LogP contribution in [0.2, 0.25) is 5.02 Å². The summed E-state index contributed by atoms with van der Waals surface area (Å²) in [5, 5.41) is 3.22. The van der Waals surface area contributed by atoms with Gasteiger partial charge in [-0.25, -0.2) is 4.98 Å².